The minimum Gasteiger partial charge on any atom is -0.481 e. The molecule has 0 aromatic rings. The molecule has 8 aliphatic rings. The molecule has 8 rings (SSSR count). The number of hydrogen-bond acceptors (Lipinski definition) is 17. The van der Waals surface area contributed by atoms with E-state index in [1.54, 1.807) is 0 Å². The third-order valence-electron chi connectivity index (χ3n) is 19.3. The predicted octanol–water partition coefficient (Wildman–Crippen LogP) is 0.864. The second-order valence-electron chi connectivity index (χ2n) is 23.1. The molecule has 0 spiro atoms. The van der Waals surface area contributed by atoms with E-state index < -0.39 is 140 Å². The average molecular weight is 955 g/mol. The Labute approximate surface area is 390 Å². The van der Waals surface area contributed by atoms with Crippen molar-refractivity contribution in [3.05, 3.63) is 11.6 Å². The molecular formula is C48H74O19. The lowest BCUT2D eigenvalue weighted by atomic mass is 9.33. The minimum atomic E-state index is -2.09. The fourth-order valence-corrected chi connectivity index (χ4v) is 15.0. The highest BCUT2D eigenvalue weighted by molar-refractivity contribution is 5.77. The molecule has 3 saturated heterocycles. The zero-order valence-corrected chi connectivity index (χ0v) is 39.4. The number of hydrogen-bond donors (Lipinski definition) is 10. The van der Waals surface area contributed by atoms with Gasteiger partial charge in [0.05, 0.1) is 48.8 Å². The summed E-state index contributed by atoms with van der Waals surface area (Å²) in [5.41, 5.74) is -1.70. The van der Waals surface area contributed by atoms with E-state index in [9.17, 15) is 65.4 Å². The molecule has 0 amide bonds. The number of carbonyl (C=O) groups excluding carboxylic acids is 1. The summed E-state index contributed by atoms with van der Waals surface area (Å²) in [5, 5.41) is 106. The van der Waals surface area contributed by atoms with Crippen LogP contribution in [-0.2, 0) is 42.8 Å². The van der Waals surface area contributed by atoms with Crippen LogP contribution in [0.3, 0.4) is 0 Å². The summed E-state index contributed by atoms with van der Waals surface area (Å²) in [7, 11) is 0. The summed E-state index contributed by atoms with van der Waals surface area (Å²) < 4.78 is 36.5. The van der Waals surface area contributed by atoms with Gasteiger partial charge in [-0.2, -0.15) is 0 Å². The highest BCUT2D eigenvalue weighted by Gasteiger charge is 2.70. The molecule has 4 saturated carbocycles. The van der Waals surface area contributed by atoms with Crippen molar-refractivity contribution in [2.75, 3.05) is 19.8 Å². The zero-order valence-electron chi connectivity index (χ0n) is 39.4. The van der Waals surface area contributed by atoms with Crippen LogP contribution in [0.15, 0.2) is 11.6 Å². The SMILES string of the molecule is CC1(C)CC[C@]2(C(=O)O)CC[C@]3(C)C(=CC[C@@H]4[C@@]5(C)CC[C@H](O[C@@H]6O[C@H](C(=O)O)[C@@H](O)[C@H](O[C@@H]7OC[C@@H](O)[C@H](O)[C@H]7CO)[C@H]6O[C@@H]6O[C@H](CO)[C@H](O)[C@H](O)[C@H]6O)[C@@](C)(C=O)[C@@H]5CC[C@]43C)[C@@H]2C1. The molecule has 0 aromatic heterocycles. The maximum absolute atomic E-state index is 13.8. The molecule has 67 heavy (non-hydrogen) atoms. The Morgan fingerprint density at radius 3 is 2.06 bits per heavy atom. The Morgan fingerprint density at radius 1 is 0.731 bits per heavy atom. The molecule has 0 bridgehead atoms. The number of aliphatic carboxylic acids is 2. The highest BCUT2D eigenvalue weighted by atomic mass is 16.8. The van der Waals surface area contributed by atoms with Crippen LogP contribution in [-0.4, -0.2) is 175 Å². The first-order valence-electron chi connectivity index (χ1n) is 24.2. The first-order chi connectivity index (χ1) is 31.4. The van der Waals surface area contributed by atoms with Crippen LogP contribution in [0.5, 0.6) is 0 Å². The summed E-state index contributed by atoms with van der Waals surface area (Å²) in [6.07, 6.45) is -14.3. The zero-order chi connectivity index (χ0) is 49.0. The van der Waals surface area contributed by atoms with Gasteiger partial charge in [0.1, 0.15) is 55.1 Å². The quantitative estimate of drug-likeness (QED) is 0.0780. The van der Waals surface area contributed by atoms with Gasteiger partial charge in [-0.25, -0.2) is 4.79 Å². The molecule has 19 heteroatoms. The lowest BCUT2D eigenvalue weighted by molar-refractivity contribution is -0.390. The average Bonchev–Trinajstić information content (AvgIpc) is 3.27. The summed E-state index contributed by atoms with van der Waals surface area (Å²) in [4.78, 5) is 39.8. The molecule has 5 aliphatic carbocycles. The van der Waals surface area contributed by atoms with E-state index in [-0.39, 0.29) is 40.4 Å². The van der Waals surface area contributed by atoms with E-state index >= 15 is 0 Å². The predicted molar refractivity (Wildman–Crippen MR) is 230 cm³/mol. The molecule has 23 atom stereocenters. The van der Waals surface area contributed by atoms with E-state index in [4.69, 9.17) is 28.4 Å². The number of ether oxygens (including phenoxy) is 6. The Kier molecular flexibility index (Phi) is 13.8. The van der Waals surface area contributed by atoms with Gasteiger partial charge in [0.2, 0.25) is 0 Å². The van der Waals surface area contributed by atoms with E-state index in [1.807, 2.05) is 6.92 Å². The molecule has 0 radical (unpaired) electrons. The lowest BCUT2D eigenvalue weighted by Gasteiger charge is -2.71. The van der Waals surface area contributed by atoms with Crippen molar-refractivity contribution in [3.8, 4) is 0 Å². The molecule has 3 heterocycles. The number of aldehydes is 1. The van der Waals surface area contributed by atoms with Crippen LogP contribution in [0.2, 0.25) is 0 Å². The van der Waals surface area contributed by atoms with Gasteiger partial charge >= 0.3 is 11.9 Å². The van der Waals surface area contributed by atoms with Crippen LogP contribution in [0.25, 0.3) is 0 Å². The number of rotatable bonds is 11. The van der Waals surface area contributed by atoms with Crippen molar-refractivity contribution < 1.29 is 93.9 Å². The Hall–Kier alpha value is -2.21. The standard InChI is InChI=1S/C48H74O19/c1-43(2)13-15-48(42(60)61)16-14-46(5)23(24(48)17-43)7-8-28-44(3)11-10-29(45(4,21-51)27(44)9-12-47(28,46)6)64-41-37(67-40-33(56)32(55)31(54)26(19-50)63-40)35(34(57)36(66-41)38(58)59)65-39-22(18-49)30(53)25(52)20-62-39/h7,21-22,24-37,39-41,49-50,52-57H,8-20H2,1-6H3,(H,58,59)(H,60,61)/t22-,24+,25-,26-,27-,28-,29+,30-,31+,32+,33-,34+,35+,36+,37-,39+,40+,41-,44+,45+,46-,47-,48+/m1/s1. The minimum absolute atomic E-state index is 0.00145. The van der Waals surface area contributed by atoms with Crippen LogP contribution in [0.1, 0.15) is 106 Å². The fraction of sp³-hybridized carbons (Fsp3) is 0.896. The van der Waals surface area contributed by atoms with Crippen LogP contribution in [0, 0.1) is 56.2 Å². The number of fused-ring (bicyclic) bond motifs is 7. The molecule has 0 unspecified atom stereocenters. The third-order valence-corrected chi connectivity index (χ3v) is 19.3. The molecule has 380 valence electrons. The summed E-state index contributed by atoms with van der Waals surface area (Å²) in [6, 6.07) is 0. The maximum atomic E-state index is 13.8. The molecule has 7 fully saturated rings. The summed E-state index contributed by atoms with van der Waals surface area (Å²) >= 11 is 0. The Bertz CT molecular complexity index is 1900. The molecule has 0 aromatic carbocycles. The summed E-state index contributed by atoms with van der Waals surface area (Å²) in [5.74, 6) is -3.90. The van der Waals surface area contributed by atoms with Crippen LogP contribution in [0.4, 0.5) is 0 Å². The number of carbonyl (C=O) groups is 3. The molecule has 10 N–H and O–H groups in total. The van der Waals surface area contributed by atoms with E-state index in [1.165, 1.54) is 5.57 Å². The van der Waals surface area contributed by atoms with Crippen molar-refractivity contribution >= 4 is 18.2 Å². The normalized spacial score (nSPS) is 52.9. The number of aliphatic hydroxyl groups is 8. The van der Waals surface area contributed by atoms with Crippen molar-refractivity contribution in [1.82, 2.24) is 0 Å². The molecular weight excluding hydrogens is 881 g/mol. The van der Waals surface area contributed by atoms with Crippen LogP contribution >= 0.6 is 0 Å². The van der Waals surface area contributed by atoms with E-state index in [2.05, 4.69) is 40.7 Å². The van der Waals surface area contributed by atoms with E-state index in [0.29, 0.717) is 32.1 Å². The van der Waals surface area contributed by atoms with Gasteiger partial charge in [-0.1, -0.05) is 53.2 Å². The lowest BCUT2D eigenvalue weighted by Crippen LogP contribution is -2.68. The monoisotopic (exact) mass is 954 g/mol. The van der Waals surface area contributed by atoms with Crippen molar-refractivity contribution in [2.45, 2.75) is 192 Å². The van der Waals surface area contributed by atoms with Crippen LogP contribution < -0.4 is 0 Å². The van der Waals surface area contributed by atoms with Crippen molar-refractivity contribution in [2.24, 2.45) is 56.2 Å². The van der Waals surface area contributed by atoms with E-state index in [0.717, 1.165) is 32.0 Å². The van der Waals surface area contributed by atoms with Crippen molar-refractivity contribution in [1.29, 1.82) is 0 Å². The second kappa shape index (κ2) is 18.1. The van der Waals surface area contributed by atoms with Gasteiger partial charge in [-0.15, -0.1) is 0 Å². The smallest absolute Gasteiger partial charge is 0.335 e. The largest absolute Gasteiger partial charge is 0.481 e. The number of carboxylic acid groups (broad SMARTS) is 2. The first kappa shape index (κ1) is 51.2. The van der Waals surface area contributed by atoms with Crippen molar-refractivity contribution in [3.63, 3.8) is 0 Å². The van der Waals surface area contributed by atoms with Gasteiger partial charge in [0, 0.05) is 0 Å². The Morgan fingerprint density at radius 2 is 1.42 bits per heavy atom. The maximum Gasteiger partial charge on any atom is 0.335 e. The molecule has 19 nitrogen and oxygen atoms in total. The molecule has 3 aliphatic heterocycles. The van der Waals surface area contributed by atoms with Gasteiger partial charge in [0.25, 0.3) is 0 Å². The van der Waals surface area contributed by atoms with Gasteiger partial charge in [-0.3, -0.25) is 4.79 Å². The summed E-state index contributed by atoms with van der Waals surface area (Å²) in [6.45, 7) is 11.2. The first-order valence-corrected chi connectivity index (χ1v) is 24.2. The topological polar surface area (TPSA) is 309 Å². The third kappa shape index (κ3) is 7.97. The van der Waals surface area contributed by atoms with Gasteiger partial charge in [0.15, 0.2) is 25.0 Å². The highest BCUT2D eigenvalue weighted by Crippen LogP contribution is 2.76. The number of carboxylic acids is 2. The number of aliphatic hydroxyl groups excluding tert-OH is 8. The second-order valence-corrected chi connectivity index (χ2v) is 23.1. The van der Waals surface area contributed by atoms with Gasteiger partial charge in [-0.05, 0) is 104 Å². The van der Waals surface area contributed by atoms with Gasteiger partial charge < -0.3 is 84.3 Å². The fourth-order valence-electron chi connectivity index (χ4n) is 15.0. The Balaban J connectivity index is 1.12. The number of allylic oxidation sites excluding steroid dienone is 2.